The van der Waals surface area contributed by atoms with Gasteiger partial charge in [-0.15, -0.1) is 5.73 Å². The highest BCUT2D eigenvalue weighted by Crippen LogP contribution is 2.09. The van der Waals surface area contributed by atoms with Gasteiger partial charge in [-0.25, -0.2) is 0 Å². The van der Waals surface area contributed by atoms with Gasteiger partial charge in [0.25, 0.3) is 0 Å². The summed E-state index contributed by atoms with van der Waals surface area (Å²) in [4.78, 5) is 0. The molecule has 0 aliphatic rings. The molecule has 0 aromatic rings. The van der Waals surface area contributed by atoms with Crippen molar-refractivity contribution in [2.24, 2.45) is 0 Å². The molecule has 0 aromatic carbocycles. The third kappa shape index (κ3) is 4.37. The second-order valence-corrected chi connectivity index (χ2v) is 2.58. The Morgan fingerprint density at radius 2 is 2.30 bits per heavy atom. The van der Waals surface area contributed by atoms with Crippen molar-refractivity contribution in [3.63, 3.8) is 0 Å². The third-order valence-electron chi connectivity index (χ3n) is 1.34. The summed E-state index contributed by atoms with van der Waals surface area (Å²) in [5.74, 6) is 0. The fourth-order valence-corrected chi connectivity index (χ4v) is 0.921. The predicted molar refractivity (Wildman–Crippen MR) is 43.9 cm³/mol. The summed E-state index contributed by atoms with van der Waals surface area (Å²) >= 11 is 0. The highest BCUT2D eigenvalue weighted by Gasteiger charge is 1.99. The molecule has 1 unspecified atom stereocenters. The van der Waals surface area contributed by atoms with Gasteiger partial charge in [0, 0.05) is 6.42 Å². The summed E-state index contributed by atoms with van der Waals surface area (Å²) in [6, 6.07) is 0. The molecular weight excluding hydrogens is 124 g/mol. The van der Waals surface area contributed by atoms with E-state index in [-0.39, 0.29) is 6.10 Å². The van der Waals surface area contributed by atoms with E-state index in [1.54, 1.807) is 6.92 Å². The van der Waals surface area contributed by atoms with Crippen LogP contribution in [0.3, 0.4) is 0 Å². The molecule has 0 saturated heterocycles. The molecule has 0 radical (unpaired) electrons. The molecule has 0 bridgehead atoms. The molecule has 0 aliphatic heterocycles. The van der Waals surface area contributed by atoms with Crippen molar-refractivity contribution in [3.8, 4) is 0 Å². The Labute approximate surface area is 63.1 Å². The van der Waals surface area contributed by atoms with Gasteiger partial charge in [-0.1, -0.05) is 19.9 Å². The highest BCUT2D eigenvalue weighted by atomic mass is 16.3. The number of hydrogen-bond acceptors (Lipinski definition) is 1. The van der Waals surface area contributed by atoms with Crippen LogP contribution in [0.2, 0.25) is 0 Å². The van der Waals surface area contributed by atoms with Crippen LogP contribution in [0.1, 0.15) is 33.1 Å². The minimum atomic E-state index is -0.254. The van der Waals surface area contributed by atoms with E-state index in [0.29, 0.717) is 0 Å². The Hall–Kier alpha value is -0.520. The summed E-state index contributed by atoms with van der Waals surface area (Å²) in [6.45, 7) is 7.45. The summed E-state index contributed by atoms with van der Waals surface area (Å²) in [7, 11) is 0. The van der Waals surface area contributed by atoms with E-state index in [1.807, 2.05) is 0 Å². The van der Waals surface area contributed by atoms with Crippen LogP contribution in [-0.2, 0) is 0 Å². The molecule has 10 heavy (non-hydrogen) atoms. The van der Waals surface area contributed by atoms with Crippen molar-refractivity contribution < 1.29 is 5.11 Å². The van der Waals surface area contributed by atoms with Crippen molar-refractivity contribution in [1.82, 2.24) is 0 Å². The molecule has 1 heteroatoms. The lowest BCUT2D eigenvalue weighted by Crippen LogP contribution is -2.00. The van der Waals surface area contributed by atoms with Crippen LogP contribution in [0.4, 0.5) is 0 Å². The molecule has 1 atom stereocenters. The van der Waals surface area contributed by atoms with Crippen molar-refractivity contribution in [3.05, 3.63) is 17.9 Å². The van der Waals surface area contributed by atoms with Gasteiger partial charge in [0.05, 0.1) is 6.10 Å². The van der Waals surface area contributed by atoms with Crippen LogP contribution in [0.25, 0.3) is 0 Å². The molecule has 0 spiro atoms. The number of rotatable bonds is 4. The fraction of sp³-hybridized carbons (Fsp3) is 0.667. The maximum atomic E-state index is 8.99. The lowest BCUT2D eigenvalue weighted by Gasteiger charge is -2.04. The van der Waals surface area contributed by atoms with Crippen LogP contribution in [0, 0.1) is 0 Å². The molecule has 0 rings (SSSR count). The Morgan fingerprint density at radius 1 is 1.70 bits per heavy atom. The molecule has 1 nitrogen and oxygen atoms in total. The van der Waals surface area contributed by atoms with Gasteiger partial charge < -0.3 is 5.11 Å². The van der Waals surface area contributed by atoms with Gasteiger partial charge in [0.2, 0.25) is 0 Å². The van der Waals surface area contributed by atoms with Crippen molar-refractivity contribution in [2.45, 2.75) is 39.2 Å². The smallest absolute Gasteiger partial charge is 0.0555 e. The fourth-order valence-electron chi connectivity index (χ4n) is 0.921. The number of aliphatic hydroxyl groups excluding tert-OH is 1. The van der Waals surface area contributed by atoms with E-state index in [2.05, 4.69) is 19.2 Å². The molecule has 0 aromatic heterocycles. The molecule has 1 N–H and O–H groups in total. The lowest BCUT2D eigenvalue weighted by atomic mass is 10.1. The normalized spacial score (nSPS) is 12.3. The predicted octanol–water partition coefficient (Wildman–Crippen LogP) is 2.27. The zero-order valence-electron chi connectivity index (χ0n) is 6.85. The van der Waals surface area contributed by atoms with Gasteiger partial charge >= 0.3 is 0 Å². The van der Waals surface area contributed by atoms with Crippen molar-refractivity contribution in [2.75, 3.05) is 0 Å². The van der Waals surface area contributed by atoms with Gasteiger partial charge in [-0.3, -0.25) is 0 Å². The van der Waals surface area contributed by atoms with Crippen molar-refractivity contribution in [1.29, 1.82) is 0 Å². The topological polar surface area (TPSA) is 20.2 Å². The van der Waals surface area contributed by atoms with E-state index in [0.717, 1.165) is 24.8 Å². The Kier molecular flexibility index (Phi) is 5.00. The maximum Gasteiger partial charge on any atom is 0.0555 e. The molecule has 0 fully saturated rings. The standard InChI is InChI=1S/C9H16O/c1-4-6-9(5-2)7-8(3)10/h8,10H,2,4,6-7H2,1,3H3. The first kappa shape index (κ1) is 9.48. The average molecular weight is 140 g/mol. The van der Waals surface area contributed by atoms with Crippen LogP contribution >= 0.6 is 0 Å². The quantitative estimate of drug-likeness (QED) is 0.594. The SMILES string of the molecule is C=C=C(CCC)CC(C)O. The molecule has 58 valence electrons. The minimum absolute atomic E-state index is 0.254. The average Bonchev–Trinajstić information content (AvgIpc) is 1.86. The van der Waals surface area contributed by atoms with E-state index >= 15 is 0 Å². The van der Waals surface area contributed by atoms with Crippen LogP contribution in [0.15, 0.2) is 17.9 Å². The van der Waals surface area contributed by atoms with Crippen LogP contribution in [-0.4, -0.2) is 11.2 Å². The lowest BCUT2D eigenvalue weighted by molar-refractivity contribution is 0.194. The molecule has 0 aliphatic carbocycles. The van der Waals surface area contributed by atoms with Gasteiger partial charge in [-0.2, -0.15) is 0 Å². The summed E-state index contributed by atoms with van der Waals surface area (Å²) < 4.78 is 0. The monoisotopic (exact) mass is 140 g/mol. The summed E-state index contributed by atoms with van der Waals surface area (Å²) in [5.41, 5.74) is 3.98. The second-order valence-electron chi connectivity index (χ2n) is 2.58. The molecular formula is C9H16O. The highest BCUT2D eigenvalue weighted by molar-refractivity contribution is 4.99. The van der Waals surface area contributed by atoms with E-state index in [4.69, 9.17) is 5.11 Å². The summed E-state index contributed by atoms with van der Waals surface area (Å²) in [5, 5.41) is 8.99. The first-order valence-corrected chi connectivity index (χ1v) is 3.76. The van der Waals surface area contributed by atoms with E-state index < -0.39 is 0 Å². The van der Waals surface area contributed by atoms with Crippen molar-refractivity contribution >= 4 is 0 Å². The molecule has 0 heterocycles. The Bertz CT molecular complexity index is 130. The Balaban J connectivity index is 3.74. The summed E-state index contributed by atoms with van der Waals surface area (Å²) in [6.07, 6.45) is 2.58. The second kappa shape index (κ2) is 5.28. The first-order valence-electron chi connectivity index (χ1n) is 3.76. The molecule has 0 saturated carbocycles. The van der Waals surface area contributed by atoms with Gasteiger partial charge in [0.15, 0.2) is 0 Å². The zero-order chi connectivity index (χ0) is 7.98. The number of aliphatic hydroxyl groups is 1. The third-order valence-corrected chi connectivity index (χ3v) is 1.34. The zero-order valence-corrected chi connectivity index (χ0v) is 6.85. The first-order chi connectivity index (χ1) is 4.70. The number of hydrogen-bond donors (Lipinski definition) is 1. The van der Waals surface area contributed by atoms with Gasteiger partial charge in [0.1, 0.15) is 0 Å². The van der Waals surface area contributed by atoms with Crippen LogP contribution < -0.4 is 0 Å². The van der Waals surface area contributed by atoms with Gasteiger partial charge in [-0.05, 0) is 18.9 Å². The van der Waals surface area contributed by atoms with E-state index in [1.165, 1.54) is 0 Å². The maximum absolute atomic E-state index is 8.99. The molecule has 0 amide bonds. The largest absolute Gasteiger partial charge is 0.393 e. The Morgan fingerprint density at radius 3 is 2.60 bits per heavy atom. The van der Waals surface area contributed by atoms with Crippen LogP contribution in [0.5, 0.6) is 0 Å². The minimum Gasteiger partial charge on any atom is -0.393 e. The van der Waals surface area contributed by atoms with E-state index in [9.17, 15) is 0 Å².